The number of benzene rings is 2. The second kappa shape index (κ2) is 6.45. The van der Waals surface area contributed by atoms with Gasteiger partial charge in [-0.1, -0.05) is 12.1 Å². The third-order valence-corrected chi connectivity index (χ3v) is 3.18. The van der Waals surface area contributed by atoms with E-state index in [1.165, 1.54) is 36.4 Å². The molecule has 3 nitrogen and oxygen atoms in total. The Morgan fingerprint density at radius 2 is 1.95 bits per heavy atom. The van der Waals surface area contributed by atoms with Crippen molar-refractivity contribution in [1.29, 1.82) is 0 Å². The van der Waals surface area contributed by atoms with Gasteiger partial charge < -0.3 is 10.4 Å². The van der Waals surface area contributed by atoms with E-state index < -0.39 is 24.1 Å². The van der Waals surface area contributed by atoms with Gasteiger partial charge in [-0.3, -0.25) is 4.79 Å². The number of aliphatic hydroxyl groups is 1. The molecule has 0 atom stereocenters. The maximum absolute atomic E-state index is 13.2. The highest BCUT2D eigenvalue weighted by atomic mass is 19.1. The summed E-state index contributed by atoms with van der Waals surface area (Å²) >= 11 is 0. The van der Waals surface area contributed by atoms with Gasteiger partial charge in [0.2, 0.25) is 0 Å². The molecular weight excluding hydrogens is 276 g/mol. The van der Waals surface area contributed by atoms with Crippen LogP contribution >= 0.6 is 0 Å². The van der Waals surface area contributed by atoms with Gasteiger partial charge in [-0.25, -0.2) is 8.78 Å². The molecule has 0 aliphatic carbocycles. The topological polar surface area (TPSA) is 49.3 Å². The Labute approximate surface area is 121 Å². The minimum atomic E-state index is -0.492. The zero-order valence-electron chi connectivity index (χ0n) is 11.5. The molecular formula is C16H15F2NO2. The molecule has 0 aromatic heterocycles. The van der Waals surface area contributed by atoms with Gasteiger partial charge in [0, 0.05) is 17.7 Å². The molecule has 2 aromatic carbocycles. The van der Waals surface area contributed by atoms with Crippen LogP contribution in [0.3, 0.4) is 0 Å². The van der Waals surface area contributed by atoms with Crippen LogP contribution < -0.4 is 5.32 Å². The third kappa shape index (κ3) is 3.64. The van der Waals surface area contributed by atoms with E-state index in [1.807, 2.05) is 0 Å². The molecule has 2 rings (SSSR count). The van der Waals surface area contributed by atoms with Gasteiger partial charge in [-0.05, 0) is 42.3 Å². The van der Waals surface area contributed by atoms with Crippen LogP contribution in [0.4, 0.5) is 8.78 Å². The van der Waals surface area contributed by atoms with Crippen LogP contribution in [0.1, 0.15) is 27.0 Å². The number of hydrogen-bond acceptors (Lipinski definition) is 2. The first-order valence-electron chi connectivity index (χ1n) is 6.44. The highest BCUT2D eigenvalue weighted by Crippen LogP contribution is 2.12. The SMILES string of the molecule is Cc1ccc(F)cc1C(=O)NCc1ccc(F)c(CO)c1. The first-order valence-corrected chi connectivity index (χ1v) is 6.44. The van der Waals surface area contributed by atoms with E-state index in [0.717, 1.165) is 0 Å². The molecule has 110 valence electrons. The maximum Gasteiger partial charge on any atom is 0.251 e. The van der Waals surface area contributed by atoms with Crippen molar-refractivity contribution in [2.24, 2.45) is 0 Å². The van der Waals surface area contributed by atoms with Crippen molar-refractivity contribution in [2.45, 2.75) is 20.1 Å². The molecule has 0 aliphatic heterocycles. The maximum atomic E-state index is 13.2. The Morgan fingerprint density at radius 3 is 2.67 bits per heavy atom. The largest absolute Gasteiger partial charge is 0.392 e. The third-order valence-electron chi connectivity index (χ3n) is 3.18. The Hall–Kier alpha value is -2.27. The number of rotatable bonds is 4. The summed E-state index contributed by atoms with van der Waals surface area (Å²) in [5, 5.41) is 11.6. The zero-order chi connectivity index (χ0) is 15.4. The highest BCUT2D eigenvalue weighted by molar-refractivity contribution is 5.95. The zero-order valence-corrected chi connectivity index (χ0v) is 11.5. The summed E-state index contributed by atoms with van der Waals surface area (Å²) < 4.78 is 26.4. The Balaban J connectivity index is 2.09. The first kappa shape index (κ1) is 15.1. The molecule has 1 amide bonds. The number of aryl methyl sites for hydroxylation is 1. The molecule has 2 aromatic rings. The van der Waals surface area contributed by atoms with Gasteiger partial charge in [0.1, 0.15) is 11.6 Å². The van der Waals surface area contributed by atoms with E-state index >= 15 is 0 Å². The monoisotopic (exact) mass is 291 g/mol. The molecule has 0 fully saturated rings. The van der Waals surface area contributed by atoms with E-state index in [0.29, 0.717) is 11.1 Å². The molecule has 0 heterocycles. The van der Waals surface area contributed by atoms with Crippen LogP contribution in [0.25, 0.3) is 0 Å². The Bertz CT molecular complexity index is 671. The average molecular weight is 291 g/mol. The van der Waals surface area contributed by atoms with Gasteiger partial charge in [-0.15, -0.1) is 0 Å². The van der Waals surface area contributed by atoms with E-state index in [4.69, 9.17) is 5.11 Å². The van der Waals surface area contributed by atoms with E-state index in [-0.39, 0.29) is 17.7 Å². The summed E-state index contributed by atoms with van der Waals surface area (Å²) in [6, 6.07) is 8.24. The van der Waals surface area contributed by atoms with Crippen molar-refractivity contribution in [3.63, 3.8) is 0 Å². The quantitative estimate of drug-likeness (QED) is 0.910. The summed E-state index contributed by atoms with van der Waals surface area (Å²) in [4.78, 5) is 12.0. The van der Waals surface area contributed by atoms with Crippen LogP contribution in [-0.2, 0) is 13.2 Å². The lowest BCUT2D eigenvalue weighted by Gasteiger charge is -2.09. The number of carbonyl (C=O) groups is 1. The van der Waals surface area contributed by atoms with Gasteiger partial charge in [0.25, 0.3) is 5.91 Å². The van der Waals surface area contributed by atoms with Crippen LogP contribution in [-0.4, -0.2) is 11.0 Å². The minimum Gasteiger partial charge on any atom is -0.392 e. The van der Waals surface area contributed by atoms with E-state index in [9.17, 15) is 13.6 Å². The second-order valence-electron chi connectivity index (χ2n) is 4.73. The molecule has 5 heteroatoms. The molecule has 21 heavy (non-hydrogen) atoms. The number of hydrogen-bond donors (Lipinski definition) is 2. The standard InChI is InChI=1S/C16H15F2NO2/c1-10-2-4-13(17)7-14(10)16(21)19-8-11-3-5-15(18)12(6-11)9-20/h2-7,20H,8-9H2,1H3,(H,19,21). The fourth-order valence-electron chi connectivity index (χ4n) is 1.98. The molecule has 0 bridgehead atoms. The number of carbonyl (C=O) groups excluding carboxylic acids is 1. The summed E-state index contributed by atoms with van der Waals surface area (Å²) in [5.41, 5.74) is 1.76. The smallest absolute Gasteiger partial charge is 0.251 e. The van der Waals surface area contributed by atoms with E-state index in [1.54, 1.807) is 6.92 Å². The van der Waals surface area contributed by atoms with Crippen molar-refractivity contribution in [3.8, 4) is 0 Å². The van der Waals surface area contributed by atoms with Crippen molar-refractivity contribution in [2.75, 3.05) is 0 Å². The summed E-state index contributed by atoms with van der Waals surface area (Å²) in [5.74, 6) is -1.37. The second-order valence-corrected chi connectivity index (χ2v) is 4.73. The Morgan fingerprint density at radius 1 is 1.19 bits per heavy atom. The molecule has 0 radical (unpaired) electrons. The lowest BCUT2D eigenvalue weighted by atomic mass is 10.1. The number of aliphatic hydroxyl groups excluding tert-OH is 1. The minimum absolute atomic E-state index is 0.169. The van der Waals surface area contributed by atoms with Crippen LogP contribution in [0, 0.1) is 18.6 Å². The predicted molar refractivity (Wildman–Crippen MR) is 74.6 cm³/mol. The molecule has 2 N–H and O–H groups in total. The molecule has 0 unspecified atom stereocenters. The number of halogens is 2. The van der Waals surface area contributed by atoms with Crippen molar-refractivity contribution < 1.29 is 18.7 Å². The normalized spacial score (nSPS) is 10.5. The molecule has 0 saturated carbocycles. The van der Waals surface area contributed by atoms with Crippen LogP contribution in [0.2, 0.25) is 0 Å². The predicted octanol–water partition coefficient (Wildman–Crippen LogP) is 2.70. The van der Waals surface area contributed by atoms with Gasteiger partial charge in [0.05, 0.1) is 6.61 Å². The van der Waals surface area contributed by atoms with Crippen LogP contribution in [0.5, 0.6) is 0 Å². The fraction of sp³-hybridized carbons (Fsp3) is 0.188. The summed E-state index contributed by atoms with van der Waals surface area (Å²) in [6.07, 6.45) is 0. The molecule has 0 saturated heterocycles. The van der Waals surface area contributed by atoms with Crippen molar-refractivity contribution in [3.05, 3.63) is 70.3 Å². The van der Waals surface area contributed by atoms with Crippen molar-refractivity contribution >= 4 is 5.91 Å². The summed E-state index contributed by atoms with van der Waals surface area (Å²) in [6.45, 7) is 1.48. The fourth-order valence-corrected chi connectivity index (χ4v) is 1.98. The van der Waals surface area contributed by atoms with Crippen LogP contribution in [0.15, 0.2) is 36.4 Å². The summed E-state index contributed by atoms with van der Waals surface area (Å²) in [7, 11) is 0. The van der Waals surface area contributed by atoms with Gasteiger partial charge in [0.15, 0.2) is 0 Å². The lowest BCUT2D eigenvalue weighted by molar-refractivity contribution is 0.0950. The number of nitrogens with one attached hydrogen (secondary N) is 1. The van der Waals surface area contributed by atoms with Crippen molar-refractivity contribution in [1.82, 2.24) is 5.32 Å². The lowest BCUT2D eigenvalue weighted by Crippen LogP contribution is -2.23. The van der Waals surface area contributed by atoms with Gasteiger partial charge in [-0.2, -0.15) is 0 Å². The van der Waals surface area contributed by atoms with Gasteiger partial charge >= 0.3 is 0 Å². The highest BCUT2D eigenvalue weighted by Gasteiger charge is 2.10. The average Bonchev–Trinajstić information content (AvgIpc) is 2.48. The Kier molecular flexibility index (Phi) is 4.65. The number of amides is 1. The van der Waals surface area contributed by atoms with E-state index in [2.05, 4.69) is 5.32 Å². The first-order chi connectivity index (χ1) is 10.0. The molecule has 0 aliphatic rings. The molecule has 0 spiro atoms.